The van der Waals surface area contributed by atoms with Crippen LogP contribution in [-0.2, 0) is 11.1 Å². The van der Waals surface area contributed by atoms with E-state index in [4.69, 9.17) is 0 Å². The van der Waals surface area contributed by atoms with E-state index in [-0.39, 0.29) is 0 Å². The van der Waals surface area contributed by atoms with Crippen molar-refractivity contribution in [1.82, 2.24) is 0 Å². The first kappa shape index (κ1) is 13.8. The molecule has 0 N–H and O–H groups in total. The summed E-state index contributed by atoms with van der Waals surface area (Å²) in [6.07, 6.45) is 0. The van der Waals surface area contributed by atoms with Crippen LogP contribution in [0.25, 0.3) is 0 Å². The quantitative estimate of drug-likeness (QED) is 0.596. The van der Waals surface area contributed by atoms with E-state index in [1.54, 1.807) is 0 Å². The van der Waals surface area contributed by atoms with Crippen LogP contribution in [0.4, 0.5) is 0 Å². The Morgan fingerprint density at radius 3 is 1.23 bits per heavy atom. The second-order valence-electron chi connectivity index (χ2n) is 3.17. The zero-order valence-electron chi connectivity index (χ0n) is 8.59. The second kappa shape index (κ2) is 6.33. The number of hydrogen-bond donors (Lipinski definition) is 0. The molecule has 0 nitrogen and oxygen atoms in total. The summed E-state index contributed by atoms with van der Waals surface area (Å²) in [4.78, 5) is 0. The second-order valence-corrected chi connectivity index (χ2v) is 8.43. The molecule has 0 fully saturated rings. The normalized spacial score (nSPS) is 9.77. The summed E-state index contributed by atoms with van der Waals surface area (Å²) in [6, 6.07) is 0. The van der Waals surface area contributed by atoms with Crippen LogP contribution < -0.4 is 0 Å². The van der Waals surface area contributed by atoms with Crippen molar-refractivity contribution in [3.63, 3.8) is 0 Å². The van der Waals surface area contributed by atoms with E-state index in [1.807, 2.05) is 0 Å². The summed E-state index contributed by atoms with van der Waals surface area (Å²) in [5.74, 6) is 0. The van der Waals surface area contributed by atoms with Crippen molar-refractivity contribution in [3.8, 4) is 0 Å². The molecule has 1 aromatic carbocycles. The van der Waals surface area contributed by atoms with Gasteiger partial charge < -0.3 is 0 Å². The molecule has 78 valence electrons. The fourth-order valence-corrected chi connectivity index (χ4v) is 1.41. The van der Waals surface area contributed by atoms with Crippen molar-refractivity contribution in [1.29, 1.82) is 0 Å². The predicted molar refractivity (Wildman–Crippen MR) is 63.6 cm³/mol. The minimum absolute atomic E-state index is 1.06. The van der Waals surface area contributed by atoms with Gasteiger partial charge >= 0.3 is 39.5 Å². The standard InChI is InChI=1S/C10H15.2BrH.Co/c1-6-7(2)9(4)10(5)8(6)3;;;/h1-5H3;2*1H;/q-1;;;+3/p-2. The molecule has 13 heavy (non-hydrogen) atoms. The first-order valence-electron chi connectivity index (χ1n) is 4.00. The molecule has 3 heteroatoms. The van der Waals surface area contributed by atoms with E-state index < -0.39 is 0 Å². The van der Waals surface area contributed by atoms with Crippen LogP contribution in [0.2, 0.25) is 0 Å². The Labute approximate surface area is 101 Å². The summed E-state index contributed by atoms with van der Waals surface area (Å²) in [5, 5.41) is 0. The summed E-state index contributed by atoms with van der Waals surface area (Å²) >= 11 is 7.12. The van der Waals surface area contributed by atoms with Gasteiger partial charge in [-0.1, -0.05) is 34.6 Å². The first-order valence-corrected chi connectivity index (χ1v) is 9.15. The van der Waals surface area contributed by atoms with Gasteiger partial charge in [0.25, 0.3) is 0 Å². The van der Waals surface area contributed by atoms with Crippen molar-refractivity contribution >= 4 is 28.3 Å². The molecule has 0 saturated carbocycles. The molecule has 0 atom stereocenters. The van der Waals surface area contributed by atoms with Gasteiger partial charge in [-0.25, -0.2) is 0 Å². The van der Waals surface area contributed by atoms with Crippen molar-refractivity contribution < 1.29 is 11.1 Å². The molecule has 0 heterocycles. The van der Waals surface area contributed by atoms with Crippen molar-refractivity contribution in [2.45, 2.75) is 34.6 Å². The topological polar surface area (TPSA) is 0 Å². The Balaban J connectivity index is 0.000000424. The molecule has 1 rings (SSSR count). The maximum absolute atomic E-state index is 3.03. The van der Waals surface area contributed by atoms with Gasteiger partial charge in [-0.2, -0.15) is 27.8 Å². The SMILES string of the molecule is Cc1c(C)c(C)[c-](C)c1C.[Br][Co+][Br]. The van der Waals surface area contributed by atoms with Crippen LogP contribution in [0.3, 0.4) is 0 Å². The third-order valence-corrected chi connectivity index (χ3v) is 2.81. The molecular formula is C10H15Br2Co. The van der Waals surface area contributed by atoms with Crippen molar-refractivity contribution in [2.75, 3.05) is 0 Å². The van der Waals surface area contributed by atoms with Crippen LogP contribution >= 0.6 is 28.3 Å². The molecule has 0 aliphatic rings. The molecule has 0 amide bonds. The molecule has 0 aliphatic heterocycles. The molecule has 0 aliphatic carbocycles. The summed E-state index contributed by atoms with van der Waals surface area (Å²) in [7, 11) is 0. The van der Waals surface area contributed by atoms with Gasteiger partial charge in [-0.3, -0.25) is 0 Å². The molecule has 0 saturated heterocycles. The molecular weight excluding hydrogens is 339 g/mol. The zero-order chi connectivity index (χ0) is 10.6. The first-order chi connectivity index (χ1) is 5.97. The van der Waals surface area contributed by atoms with Gasteiger partial charge in [-0.05, 0) is 0 Å². The minimum atomic E-state index is 1.06. The third kappa shape index (κ3) is 3.46. The number of halogens is 2. The summed E-state index contributed by atoms with van der Waals surface area (Å²) in [5.41, 5.74) is 7.34. The van der Waals surface area contributed by atoms with Gasteiger partial charge in [0, 0.05) is 0 Å². The van der Waals surface area contributed by atoms with Gasteiger partial charge in [0.2, 0.25) is 0 Å². The van der Waals surface area contributed by atoms with Crippen LogP contribution in [0.5, 0.6) is 0 Å². The fraction of sp³-hybridized carbons (Fsp3) is 0.500. The van der Waals surface area contributed by atoms with Crippen LogP contribution in [0, 0.1) is 34.6 Å². The van der Waals surface area contributed by atoms with Crippen molar-refractivity contribution in [3.05, 3.63) is 27.8 Å². The molecule has 0 unspecified atom stereocenters. The Morgan fingerprint density at radius 2 is 1.15 bits per heavy atom. The molecule has 0 aromatic heterocycles. The number of hydrogen-bond acceptors (Lipinski definition) is 0. The van der Waals surface area contributed by atoms with E-state index in [9.17, 15) is 0 Å². The van der Waals surface area contributed by atoms with Gasteiger partial charge in [0.1, 0.15) is 0 Å². The van der Waals surface area contributed by atoms with E-state index in [1.165, 1.54) is 27.8 Å². The Morgan fingerprint density at radius 1 is 0.923 bits per heavy atom. The van der Waals surface area contributed by atoms with Crippen LogP contribution in [-0.4, -0.2) is 0 Å². The van der Waals surface area contributed by atoms with E-state index in [2.05, 4.69) is 63.0 Å². The van der Waals surface area contributed by atoms with Crippen molar-refractivity contribution in [2.24, 2.45) is 0 Å². The molecule has 0 radical (unpaired) electrons. The monoisotopic (exact) mass is 352 g/mol. The van der Waals surface area contributed by atoms with Gasteiger partial charge in [-0.15, -0.1) is 0 Å². The fourth-order valence-electron chi connectivity index (χ4n) is 1.41. The summed E-state index contributed by atoms with van der Waals surface area (Å²) < 4.78 is 0. The molecule has 0 bridgehead atoms. The predicted octanol–water partition coefficient (Wildman–Crippen LogP) is 4.64. The van der Waals surface area contributed by atoms with Gasteiger partial charge in [0.15, 0.2) is 0 Å². The summed E-state index contributed by atoms with van der Waals surface area (Å²) in [6.45, 7) is 11.0. The zero-order valence-corrected chi connectivity index (χ0v) is 12.8. The van der Waals surface area contributed by atoms with Crippen LogP contribution in [0.15, 0.2) is 0 Å². The van der Waals surface area contributed by atoms with Gasteiger partial charge in [0.05, 0.1) is 0 Å². The van der Waals surface area contributed by atoms with E-state index in [0.717, 1.165) is 11.1 Å². The maximum atomic E-state index is 3.03. The van der Waals surface area contributed by atoms with Crippen LogP contribution in [0.1, 0.15) is 27.8 Å². The Kier molecular flexibility index (Phi) is 6.73. The van der Waals surface area contributed by atoms with E-state index >= 15 is 0 Å². The third-order valence-electron chi connectivity index (χ3n) is 2.81. The Bertz CT molecular complexity index is 197. The number of rotatable bonds is 0. The Hall–Kier alpha value is 0.816. The average Bonchev–Trinajstić information content (AvgIpc) is 2.25. The average molecular weight is 354 g/mol. The molecule has 0 spiro atoms. The molecule has 1 aromatic rings. The van der Waals surface area contributed by atoms with E-state index in [0.29, 0.717) is 0 Å².